The highest BCUT2D eigenvalue weighted by Gasteiger charge is 2.51. The zero-order chi connectivity index (χ0) is 43.3. The predicted molar refractivity (Wildman–Crippen MR) is 260 cm³/mol. The smallest absolute Gasteiger partial charge is 0.164 e. The minimum atomic E-state index is -0.645. The van der Waals surface area contributed by atoms with Crippen LogP contribution >= 0.6 is 0 Å². The third-order valence-corrected chi connectivity index (χ3v) is 11.5. The number of allylic oxidation sites excluding steroid dienone is 3. The molecule has 0 amide bonds. The van der Waals surface area contributed by atoms with E-state index in [4.69, 9.17) is 24.7 Å². The van der Waals surface area contributed by atoms with Crippen LogP contribution in [0.1, 0.15) is 55.5 Å². The maximum atomic E-state index is 7.08. The molecule has 7 aromatic rings. The average molecular weight is 819 g/mol. The minimum absolute atomic E-state index is 0.0918. The lowest BCUT2D eigenvalue weighted by Gasteiger charge is -2.39. The summed E-state index contributed by atoms with van der Waals surface area (Å²) in [7, 11) is 0. The van der Waals surface area contributed by atoms with Crippen LogP contribution in [-0.2, 0) is 5.41 Å². The Morgan fingerprint density at radius 2 is 1.19 bits per heavy atom. The second kappa shape index (κ2) is 17.6. The van der Waals surface area contributed by atoms with E-state index in [1.54, 1.807) is 18.6 Å². The number of hydrogen-bond acceptors (Lipinski definition) is 7. The highest BCUT2D eigenvalue weighted by molar-refractivity contribution is 6.08. The molecular formula is C56H46N6O. The van der Waals surface area contributed by atoms with Crippen LogP contribution in [0.3, 0.4) is 0 Å². The van der Waals surface area contributed by atoms with E-state index in [-0.39, 0.29) is 5.92 Å². The van der Waals surface area contributed by atoms with Crippen molar-refractivity contribution >= 4 is 24.2 Å². The summed E-state index contributed by atoms with van der Waals surface area (Å²) in [6.07, 6.45) is 13.2. The van der Waals surface area contributed by atoms with Gasteiger partial charge in [0, 0.05) is 64.3 Å². The van der Waals surface area contributed by atoms with E-state index in [9.17, 15) is 0 Å². The van der Waals surface area contributed by atoms with Crippen molar-refractivity contribution in [1.82, 2.24) is 15.0 Å². The number of ether oxygens (including phenoxy) is 1. The first kappa shape index (κ1) is 40.5. The van der Waals surface area contributed by atoms with Crippen LogP contribution in [0.5, 0.6) is 11.5 Å². The van der Waals surface area contributed by atoms with Crippen molar-refractivity contribution in [3.63, 3.8) is 0 Å². The quantitative estimate of drug-likeness (QED) is 0.0961. The fourth-order valence-corrected chi connectivity index (χ4v) is 8.43. The van der Waals surface area contributed by atoms with Gasteiger partial charge in [0.05, 0.1) is 11.1 Å². The maximum absolute atomic E-state index is 7.08. The third-order valence-electron chi connectivity index (χ3n) is 11.5. The number of hydrogen-bond donors (Lipinski definition) is 0. The van der Waals surface area contributed by atoms with Crippen molar-refractivity contribution in [3.8, 4) is 56.8 Å². The van der Waals surface area contributed by atoms with Crippen LogP contribution < -0.4 is 4.74 Å². The number of rotatable bonds is 11. The van der Waals surface area contributed by atoms with Crippen molar-refractivity contribution in [2.45, 2.75) is 33.1 Å². The van der Waals surface area contributed by atoms with Gasteiger partial charge in [0.2, 0.25) is 0 Å². The molecule has 0 saturated heterocycles. The first-order chi connectivity index (χ1) is 30.9. The van der Waals surface area contributed by atoms with Gasteiger partial charge in [0.25, 0.3) is 0 Å². The highest BCUT2D eigenvalue weighted by atomic mass is 16.5. The fourth-order valence-electron chi connectivity index (χ4n) is 8.43. The summed E-state index contributed by atoms with van der Waals surface area (Å²) in [5.41, 5.74) is 12.3. The Morgan fingerprint density at radius 3 is 1.79 bits per heavy atom. The largest absolute Gasteiger partial charge is 0.457 e. The number of fused-ring (bicyclic) bond motifs is 9. The second-order valence-electron chi connectivity index (χ2n) is 15.6. The van der Waals surface area contributed by atoms with Crippen LogP contribution in [0.25, 0.3) is 51.4 Å². The summed E-state index contributed by atoms with van der Waals surface area (Å²) >= 11 is 0. The van der Waals surface area contributed by atoms with E-state index in [0.29, 0.717) is 23.2 Å². The zero-order valence-corrected chi connectivity index (χ0v) is 35.8. The lowest BCUT2D eigenvalue weighted by atomic mass is 9.66. The molecule has 0 bridgehead atoms. The van der Waals surface area contributed by atoms with Gasteiger partial charge in [-0.05, 0) is 72.4 Å². The van der Waals surface area contributed by atoms with Crippen LogP contribution in [0.15, 0.2) is 203 Å². The van der Waals surface area contributed by atoms with Crippen molar-refractivity contribution in [2.75, 3.05) is 0 Å². The van der Waals surface area contributed by atoms with Crippen LogP contribution in [-0.4, -0.2) is 33.1 Å². The Labute approximate surface area is 369 Å². The summed E-state index contributed by atoms with van der Waals surface area (Å²) in [6.45, 7) is 12.1. The molecule has 7 heteroatoms. The Bertz CT molecular complexity index is 2950. The molecule has 7 nitrogen and oxygen atoms in total. The Kier molecular flexibility index (Phi) is 11.3. The van der Waals surface area contributed by atoms with Gasteiger partial charge in [-0.25, -0.2) is 15.0 Å². The first-order valence-electron chi connectivity index (χ1n) is 21.2. The molecular weight excluding hydrogens is 773 g/mol. The molecule has 1 atom stereocenters. The number of nitrogens with zero attached hydrogens (tertiary/aromatic N) is 6. The second-order valence-corrected chi connectivity index (χ2v) is 15.6. The molecule has 2 aliphatic rings. The summed E-state index contributed by atoms with van der Waals surface area (Å²) in [4.78, 5) is 28.8. The molecule has 9 rings (SSSR count). The van der Waals surface area contributed by atoms with Gasteiger partial charge >= 0.3 is 0 Å². The molecule has 306 valence electrons. The SMILES string of the molecule is C=C(/N=C(\C=C\c1ccc2c(c1)Oc1cc(-c3nc(-c4ccccc4)nc(-c4ccccc4)n3)ccc1C21c2ccccc2-c2ccccc21)C(C)/C=N\C=C/C)/C(C)=C/N=C\C. The molecule has 1 aromatic heterocycles. The Balaban J connectivity index is 1.20. The third kappa shape index (κ3) is 7.70. The topological polar surface area (TPSA) is 85.0 Å². The molecule has 6 aromatic carbocycles. The average Bonchev–Trinajstić information content (AvgIpc) is 3.62. The van der Waals surface area contributed by atoms with Gasteiger partial charge in [0.15, 0.2) is 17.5 Å². The number of aromatic nitrogens is 3. The molecule has 0 saturated carbocycles. The Hall–Kier alpha value is -7.90. The molecule has 1 spiro atoms. The van der Waals surface area contributed by atoms with E-state index in [0.717, 1.165) is 56.2 Å². The molecule has 0 fully saturated rings. The van der Waals surface area contributed by atoms with Crippen LogP contribution in [0.4, 0.5) is 0 Å². The molecule has 0 N–H and O–H groups in total. The first-order valence-corrected chi connectivity index (χ1v) is 21.2. The monoisotopic (exact) mass is 818 g/mol. The molecule has 1 unspecified atom stereocenters. The van der Waals surface area contributed by atoms with Gasteiger partial charge in [-0.3, -0.25) is 15.0 Å². The summed E-state index contributed by atoms with van der Waals surface area (Å²) in [5.74, 6) is 3.17. The van der Waals surface area contributed by atoms with Crippen molar-refractivity contribution in [1.29, 1.82) is 0 Å². The fraction of sp³-hybridized carbons (Fsp3) is 0.107. The van der Waals surface area contributed by atoms with E-state index >= 15 is 0 Å². The molecule has 1 aliphatic carbocycles. The van der Waals surface area contributed by atoms with Gasteiger partial charge in [-0.15, -0.1) is 0 Å². The van der Waals surface area contributed by atoms with E-state index in [1.807, 2.05) is 99.8 Å². The van der Waals surface area contributed by atoms with Crippen LogP contribution in [0.2, 0.25) is 0 Å². The molecule has 0 radical (unpaired) electrons. The molecule has 63 heavy (non-hydrogen) atoms. The van der Waals surface area contributed by atoms with Crippen molar-refractivity contribution in [3.05, 3.63) is 216 Å². The normalized spacial score (nSPS) is 14.5. The maximum Gasteiger partial charge on any atom is 0.164 e. The van der Waals surface area contributed by atoms with Crippen molar-refractivity contribution in [2.24, 2.45) is 20.9 Å². The van der Waals surface area contributed by atoms with Crippen LogP contribution in [0, 0.1) is 5.92 Å². The summed E-state index contributed by atoms with van der Waals surface area (Å²) < 4.78 is 7.08. The summed E-state index contributed by atoms with van der Waals surface area (Å²) in [5, 5.41) is 0. The Morgan fingerprint density at radius 1 is 0.635 bits per heavy atom. The predicted octanol–water partition coefficient (Wildman–Crippen LogP) is 13.5. The van der Waals surface area contributed by atoms with Gasteiger partial charge < -0.3 is 4.74 Å². The van der Waals surface area contributed by atoms with E-state index < -0.39 is 5.41 Å². The number of aliphatic imine (C=N–C) groups is 3. The zero-order valence-electron chi connectivity index (χ0n) is 35.8. The van der Waals surface area contributed by atoms with E-state index in [2.05, 4.69) is 114 Å². The standard InChI is InChI=1S/C56H46N6O/c1-6-32-58-36-38(4)50(59-39(5)37(3)35-57-7-2)31-27-40-26-29-48-51(33-40)63-52-34-43(28-30-49(52)56(48)46-24-16-14-22-44(46)45-23-15-17-25-47(45)56)55-61-53(41-18-10-8-11-19-41)60-54(62-55)42-20-12-9-13-21-42/h6-36,38H,5H2,1-4H3/b31-27+,32-6-,37-35+,57-7-,58-36-,59-50+. The minimum Gasteiger partial charge on any atom is -0.457 e. The lowest BCUT2D eigenvalue weighted by Crippen LogP contribution is -2.32. The lowest BCUT2D eigenvalue weighted by molar-refractivity contribution is 0.436. The highest BCUT2D eigenvalue weighted by Crippen LogP contribution is 2.62. The van der Waals surface area contributed by atoms with Gasteiger partial charge in [-0.2, -0.15) is 0 Å². The number of benzene rings is 6. The van der Waals surface area contributed by atoms with E-state index in [1.165, 1.54) is 22.3 Å². The van der Waals surface area contributed by atoms with Crippen molar-refractivity contribution < 1.29 is 4.74 Å². The van der Waals surface area contributed by atoms with Gasteiger partial charge in [0.1, 0.15) is 11.5 Å². The van der Waals surface area contributed by atoms with Gasteiger partial charge in [-0.1, -0.05) is 159 Å². The summed E-state index contributed by atoms with van der Waals surface area (Å²) in [6, 6.07) is 50.5. The molecule has 1 aliphatic heterocycles. The molecule has 2 heterocycles.